The molecule has 0 unspecified atom stereocenters. The summed E-state index contributed by atoms with van der Waals surface area (Å²) in [7, 11) is 1.58. The van der Waals surface area contributed by atoms with Crippen LogP contribution in [0.1, 0.15) is 16.7 Å². The maximum absolute atomic E-state index is 9.71. The number of ether oxygens (including phenoxy) is 1. The van der Waals surface area contributed by atoms with Gasteiger partial charge in [-0.05, 0) is 48.7 Å². The molecule has 0 atom stereocenters. The third-order valence-electron chi connectivity index (χ3n) is 2.81. The first kappa shape index (κ1) is 13.1. The molecule has 0 bridgehead atoms. The van der Waals surface area contributed by atoms with E-state index in [4.69, 9.17) is 4.74 Å². The number of aliphatic imine (C=N–C) groups is 1. The van der Waals surface area contributed by atoms with Crippen molar-refractivity contribution in [2.45, 2.75) is 13.8 Å². The van der Waals surface area contributed by atoms with E-state index in [2.05, 4.69) is 9.98 Å². The van der Waals surface area contributed by atoms with Gasteiger partial charge in [0.15, 0.2) is 0 Å². The summed E-state index contributed by atoms with van der Waals surface area (Å²) in [6.45, 7) is 3.74. The number of pyridine rings is 1. The minimum Gasteiger partial charge on any atom is -0.507 e. The first-order valence-electron chi connectivity index (χ1n) is 5.94. The lowest BCUT2D eigenvalue weighted by Gasteiger charge is -2.04. The van der Waals surface area contributed by atoms with Gasteiger partial charge in [-0.25, -0.2) is 4.98 Å². The van der Waals surface area contributed by atoms with Gasteiger partial charge in [0.05, 0.1) is 19.0 Å². The number of hydrogen-bond acceptors (Lipinski definition) is 4. The van der Waals surface area contributed by atoms with E-state index in [1.807, 2.05) is 32.0 Å². The molecular formula is C15H16N2O2. The van der Waals surface area contributed by atoms with Crippen molar-refractivity contribution < 1.29 is 9.84 Å². The first-order valence-corrected chi connectivity index (χ1v) is 5.94. The number of benzene rings is 1. The molecule has 4 nitrogen and oxygen atoms in total. The highest BCUT2D eigenvalue weighted by Crippen LogP contribution is 2.22. The molecule has 1 aromatic heterocycles. The van der Waals surface area contributed by atoms with Crippen LogP contribution in [-0.2, 0) is 0 Å². The Bertz CT molecular complexity index is 581. The van der Waals surface area contributed by atoms with E-state index in [-0.39, 0.29) is 0 Å². The van der Waals surface area contributed by atoms with Gasteiger partial charge < -0.3 is 9.84 Å². The van der Waals surface area contributed by atoms with Crippen molar-refractivity contribution in [3.05, 3.63) is 47.2 Å². The summed E-state index contributed by atoms with van der Waals surface area (Å²) in [5.74, 6) is 0.901. The molecule has 4 heteroatoms. The molecule has 0 saturated carbocycles. The molecule has 0 aliphatic carbocycles. The summed E-state index contributed by atoms with van der Waals surface area (Å²) in [6.07, 6.45) is 3.40. The third-order valence-corrected chi connectivity index (χ3v) is 2.81. The van der Waals surface area contributed by atoms with E-state index in [0.717, 1.165) is 22.4 Å². The van der Waals surface area contributed by atoms with E-state index in [1.54, 1.807) is 25.6 Å². The van der Waals surface area contributed by atoms with Crippen molar-refractivity contribution in [3.8, 4) is 11.6 Å². The standard InChI is InChI=1S/C15H16N2O2/c1-10-6-12(7-11(2)15(10)18)8-16-13-4-5-14(19-3)17-9-13/h4-9,18H,1-3H3. The molecule has 0 amide bonds. The summed E-state index contributed by atoms with van der Waals surface area (Å²) in [4.78, 5) is 8.42. The molecule has 0 fully saturated rings. The Balaban J connectivity index is 2.22. The monoisotopic (exact) mass is 256 g/mol. The Morgan fingerprint density at radius 3 is 2.42 bits per heavy atom. The van der Waals surface area contributed by atoms with E-state index < -0.39 is 0 Å². The van der Waals surface area contributed by atoms with Gasteiger partial charge in [-0.1, -0.05) is 0 Å². The average molecular weight is 256 g/mol. The van der Waals surface area contributed by atoms with Crippen molar-refractivity contribution in [3.63, 3.8) is 0 Å². The van der Waals surface area contributed by atoms with Crippen LogP contribution in [0.4, 0.5) is 5.69 Å². The zero-order valence-corrected chi connectivity index (χ0v) is 11.2. The number of nitrogens with zero attached hydrogens (tertiary/aromatic N) is 2. The largest absolute Gasteiger partial charge is 0.507 e. The molecular weight excluding hydrogens is 240 g/mol. The van der Waals surface area contributed by atoms with Crippen molar-refractivity contribution >= 4 is 11.9 Å². The van der Waals surface area contributed by atoms with Crippen LogP contribution in [0.3, 0.4) is 0 Å². The van der Waals surface area contributed by atoms with Crippen molar-refractivity contribution in [1.29, 1.82) is 0 Å². The van der Waals surface area contributed by atoms with Gasteiger partial charge in [0.2, 0.25) is 5.88 Å². The quantitative estimate of drug-likeness (QED) is 0.858. The second kappa shape index (κ2) is 5.52. The molecule has 1 N–H and O–H groups in total. The second-order valence-electron chi connectivity index (χ2n) is 4.32. The molecule has 2 rings (SSSR count). The van der Waals surface area contributed by atoms with Gasteiger partial charge in [0.1, 0.15) is 5.75 Å². The number of phenolic OH excluding ortho intramolecular Hbond substituents is 1. The summed E-state index contributed by atoms with van der Waals surface area (Å²) in [6, 6.07) is 7.38. The second-order valence-corrected chi connectivity index (χ2v) is 4.32. The normalized spacial score (nSPS) is 10.9. The average Bonchev–Trinajstić information content (AvgIpc) is 2.43. The molecule has 0 aliphatic rings. The van der Waals surface area contributed by atoms with E-state index in [9.17, 15) is 5.11 Å². The Morgan fingerprint density at radius 2 is 1.89 bits per heavy atom. The SMILES string of the molecule is COc1ccc(N=Cc2cc(C)c(O)c(C)c2)cn1. The van der Waals surface area contributed by atoms with Crippen LogP contribution in [-0.4, -0.2) is 23.4 Å². The van der Waals surface area contributed by atoms with Crippen molar-refractivity contribution in [1.82, 2.24) is 4.98 Å². The fourth-order valence-electron chi connectivity index (χ4n) is 1.78. The van der Waals surface area contributed by atoms with Crippen LogP contribution in [0.2, 0.25) is 0 Å². The topological polar surface area (TPSA) is 54.7 Å². The molecule has 1 aromatic carbocycles. The summed E-state index contributed by atoms with van der Waals surface area (Å²) in [5.41, 5.74) is 3.39. The van der Waals surface area contributed by atoms with Gasteiger partial charge in [0, 0.05) is 12.3 Å². The molecule has 0 saturated heterocycles. The minimum atomic E-state index is 0.336. The maximum atomic E-state index is 9.71. The highest BCUT2D eigenvalue weighted by atomic mass is 16.5. The van der Waals surface area contributed by atoms with Crippen LogP contribution in [0.25, 0.3) is 0 Å². The molecule has 0 spiro atoms. The number of aromatic nitrogens is 1. The third kappa shape index (κ3) is 3.10. The van der Waals surface area contributed by atoms with Crippen LogP contribution in [0, 0.1) is 13.8 Å². The lowest BCUT2D eigenvalue weighted by atomic mass is 10.1. The fraction of sp³-hybridized carbons (Fsp3) is 0.200. The lowest BCUT2D eigenvalue weighted by Crippen LogP contribution is -1.88. The fourth-order valence-corrected chi connectivity index (χ4v) is 1.78. The van der Waals surface area contributed by atoms with Crippen LogP contribution >= 0.6 is 0 Å². The molecule has 2 aromatic rings. The molecule has 98 valence electrons. The van der Waals surface area contributed by atoms with Crippen LogP contribution in [0.5, 0.6) is 11.6 Å². The number of aryl methyl sites for hydroxylation is 2. The predicted octanol–water partition coefficient (Wildman–Crippen LogP) is 3.16. The number of rotatable bonds is 3. The molecule has 0 aliphatic heterocycles. The summed E-state index contributed by atoms with van der Waals surface area (Å²) >= 11 is 0. The molecule has 1 heterocycles. The zero-order chi connectivity index (χ0) is 13.8. The van der Waals surface area contributed by atoms with Crippen molar-refractivity contribution in [2.75, 3.05) is 7.11 Å². The first-order chi connectivity index (χ1) is 9.10. The molecule has 19 heavy (non-hydrogen) atoms. The Kier molecular flexibility index (Phi) is 3.80. The number of phenols is 1. The van der Waals surface area contributed by atoms with E-state index in [1.165, 1.54) is 0 Å². The summed E-state index contributed by atoms with van der Waals surface area (Å²) < 4.78 is 4.99. The predicted molar refractivity (Wildman–Crippen MR) is 75.6 cm³/mol. The van der Waals surface area contributed by atoms with Crippen LogP contribution < -0.4 is 4.74 Å². The van der Waals surface area contributed by atoms with E-state index >= 15 is 0 Å². The van der Waals surface area contributed by atoms with Gasteiger partial charge in [0.25, 0.3) is 0 Å². The maximum Gasteiger partial charge on any atom is 0.213 e. The van der Waals surface area contributed by atoms with Crippen LogP contribution in [0.15, 0.2) is 35.5 Å². The number of methoxy groups -OCH3 is 1. The Morgan fingerprint density at radius 1 is 1.21 bits per heavy atom. The smallest absolute Gasteiger partial charge is 0.213 e. The Labute approximate surface area is 112 Å². The van der Waals surface area contributed by atoms with Gasteiger partial charge in [-0.15, -0.1) is 0 Å². The molecule has 0 radical (unpaired) electrons. The summed E-state index contributed by atoms with van der Waals surface area (Å²) in [5, 5.41) is 9.71. The highest BCUT2D eigenvalue weighted by Gasteiger charge is 2.01. The lowest BCUT2D eigenvalue weighted by molar-refractivity contribution is 0.398. The Hall–Kier alpha value is -2.36. The number of aromatic hydroxyl groups is 1. The van der Waals surface area contributed by atoms with Crippen molar-refractivity contribution in [2.24, 2.45) is 4.99 Å². The highest BCUT2D eigenvalue weighted by molar-refractivity contribution is 5.83. The minimum absolute atomic E-state index is 0.336. The number of hydrogen-bond donors (Lipinski definition) is 1. The zero-order valence-electron chi connectivity index (χ0n) is 11.2. The van der Waals surface area contributed by atoms with Gasteiger partial charge >= 0.3 is 0 Å². The van der Waals surface area contributed by atoms with E-state index in [0.29, 0.717) is 11.6 Å². The van der Waals surface area contributed by atoms with Gasteiger partial charge in [-0.2, -0.15) is 0 Å². The van der Waals surface area contributed by atoms with Gasteiger partial charge in [-0.3, -0.25) is 4.99 Å².